The van der Waals surface area contributed by atoms with Crippen LogP contribution in [0.5, 0.6) is 0 Å². The minimum Gasteiger partial charge on any atom is -0.393 e. The third-order valence-electron chi connectivity index (χ3n) is 14.0. The molecule has 14 nitrogen and oxygen atoms in total. The number of anilines is 4. The summed E-state index contributed by atoms with van der Waals surface area (Å²) in [4.78, 5) is 45.6. The van der Waals surface area contributed by atoms with Crippen molar-refractivity contribution in [2.75, 3.05) is 73.2 Å². The molecule has 0 saturated carbocycles. The normalized spacial score (nSPS) is 21.2. The summed E-state index contributed by atoms with van der Waals surface area (Å²) in [7, 11) is 0. The van der Waals surface area contributed by atoms with E-state index in [0.29, 0.717) is 37.7 Å². The highest BCUT2D eigenvalue weighted by molar-refractivity contribution is 6.05. The van der Waals surface area contributed by atoms with Crippen LogP contribution in [-0.4, -0.2) is 118 Å². The molecular formula is C54H54F6N8O6. The van der Waals surface area contributed by atoms with Gasteiger partial charge in [0.05, 0.1) is 75.5 Å². The Morgan fingerprint density at radius 2 is 1.04 bits per heavy atom. The van der Waals surface area contributed by atoms with Crippen LogP contribution >= 0.6 is 0 Å². The van der Waals surface area contributed by atoms with Gasteiger partial charge >= 0.3 is 0 Å². The molecule has 4 aromatic heterocycles. The van der Waals surface area contributed by atoms with E-state index in [0.717, 1.165) is 82.1 Å². The average Bonchev–Trinajstić information content (AvgIpc) is 3.40. The Morgan fingerprint density at radius 1 is 0.635 bits per heavy atom. The van der Waals surface area contributed by atoms with Gasteiger partial charge in [-0.25, -0.2) is 8.78 Å². The van der Waals surface area contributed by atoms with Crippen LogP contribution in [0.3, 0.4) is 0 Å². The number of pyridine rings is 4. The maximum absolute atomic E-state index is 15.5. The van der Waals surface area contributed by atoms with Crippen LogP contribution < -0.4 is 20.4 Å². The van der Waals surface area contributed by atoms with Gasteiger partial charge in [-0.3, -0.25) is 29.5 Å². The van der Waals surface area contributed by atoms with E-state index in [4.69, 9.17) is 9.47 Å². The van der Waals surface area contributed by atoms with Crippen molar-refractivity contribution in [1.82, 2.24) is 19.9 Å². The number of nitrogens with zero attached hydrogens (tertiary/aromatic N) is 6. The summed E-state index contributed by atoms with van der Waals surface area (Å²) in [5.41, 5.74) is 4.35. The summed E-state index contributed by atoms with van der Waals surface area (Å²) < 4.78 is 96.7. The van der Waals surface area contributed by atoms with E-state index in [9.17, 15) is 37.4 Å². The maximum Gasteiger partial charge on any atom is 0.286 e. The van der Waals surface area contributed by atoms with Crippen molar-refractivity contribution in [2.45, 2.75) is 75.8 Å². The van der Waals surface area contributed by atoms with Gasteiger partial charge < -0.3 is 40.1 Å². The van der Waals surface area contributed by atoms with Crippen LogP contribution in [-0.2, 0) is 34.2 Å². The monoisotopic (exact) mass is 1020 g/mol. The number of aryl methyl sites for hydroxylation is 2. The number of nitrogens with one attached hydrogen (secondary N) is 2. The quantitative estimate of drug-likeness (QED) is 0.0965. The number of aromatic nitrogens is 4. The number of carbonyl (C=O) groups excluding carboxylic acids is 2. The Labute approximate surface area is 422 Å². The fourth-order valence-electron chi connectivity index (χ4n) is 9.95. The average molecular weight is 1030 g/mol. The van der Waals surface area contributed by atoms with Gasteiger partial charge in [-0.05, 0) is 84.6 Å². The number of benzene rings is 2. The molecule has 4 atom stereocenters. The van der Waals surface area contributed by atoms with Crippen molar-refractivity contribution in [2.24, 2.45) is 0 Å². The fourth-order valence-corrected chi connectivity index (χ4v) is 9.95. The molecule has 2 aromatic carbocycles. The van der Waals surface area contributed by atoms with Crippen molar-refractivity contribution in [3.8, 4) is 22.3 Å². The Balaban J connectivity index is 0.000000182. The minimum atomic E-state index is -3.17. The highest BCUT2D eigenvalue weighted by Gasteiger charge is 2.49. The molecule has 8 heterocycles. The second kappa shape index (κ2) is 20.4. The molecule has 2 amide bonds. The van der Waals surface area contributed by atoms with Crippen LogP contribution in [0.2, 0.25) is 0 Å². The summed E-state index contributed by atoms with van der Waals surface area (Å²) in [6.07, 6.45) is 5.53. The first-order valence-corrected chi connectivity index (χ1v) is 24.0. The molecule has 20 heteroatoms. The fraction of sp³-hybridized carbons (Fsp3) is 0.370. The number of halogens is 6. The van der Waals surface area contributed by atoms with Gasteiger partial charge in [0.15, 0.2) is 11.3 Å². The molecule has 0 spiro atoms. The zero-order valence-corrected chi connectivity index (χ0v) is 40.9. The van der Waals surface area contributed by atoms with E-state index in [1.807, 2.05) is 60.0 Å². The Bertz CT molecular complexity index is 2900. The lowest BCUT2D eigenvalue weighted by molar-refractivity contribution is -0.0174. The summed E-state index contributed by atoms with van der Waals surface area (Å²) >= 11 is 0. The number of morpholine rings is 2. The van der Waals surface area contributed by atoms with Gasteiger partial charge in [0, 0.05) is 97.2 Å². The zero-order chi connectivity index (χ0) is 52.7. The second-order valence-electron chi connectivity index (χ2n) is 19.3. The Morgan fingerprint density at radius 3 is 1.42 bits per heavy atom. The number of fused-ring (bicyclic) bond motifs is 6. The Kier molecular flexibility index (Phi) is 14.3. The van der Waals surface area contributed by atoms with E-state index in [-0.39, 0.29) is 37.2 Å². The molecule has 0 aliphatic carbocycles. The first-order valence-electron chi connectivity index (χ1n) is 24.0. The molecule has 2 saturated heterocycles. The van der Waals surface area contributed by atoms with Crippen molar-refractivity contribution in [3.05, 3.63) is 143 Å². The lowest BCUT2D eigenvalue weighted by atomic mass is 9.82. The van der Waals surface area contributed by atoms with Gasteiger partial charge in [0.1, 0.15) is 11.4 Å². The molecule has 388 valence electrons. The number of ether oxygens (including phenoxy) is 2. The smallest absolute Gasteiger partial charge is 0.286 e. The molecule has 10 rings (SSSR count). The highest BCUT2D eigenvalue weighted by Crippen LogP contribution is 2.44. The number of alkyl halides is 6. The third-order valence-corrected chi connectivity index (χ3v) is 14.0. The molecule has 0 radical (unpaired) electrons. The van der Waals surface area contributed by atoms with E-state index in [2.05, 4.69) is 30.6 Å². The summed E-state index contributed by atoms with van der Waals surface area (Å²) in [6.45, 7) is 6.29. The lowest BCUT2D eigenvalue weighted by Gasteiger charge is -2.48. The predicted octanol–water partition coefficient (Wildman–Crippen LogP) is 8.56. The zero-order valence-electron chi connectivity index (χ0n) is 40.9. The van der Waals surface area contributed by atoms with Crippen molar-refractivity contribution in [3.63, 3.8) is 0 Å². The summed E-state index contributed by atoms with van der Waals surface area (Å²) in [6, 6.07) is 18.6. The van der Waals surface area contributed by atoms with Crippen LogP contribution in [0.4, 0.5) is 49.1 Å². The van der Waals surface area contributed by atoms with E-state index < -0.39 is 71.7 Å². The molecule has 4 N–H and O–H groups in total. The van der Waals surface area contributed by atoms with Crippen LogP contribution in [0.15, 0.2) is 97.6 Å². The van der Waals surface area contributed by atoms with E-state index in [1.165, 1.54) is 36.9 Å². The molecule has 0 unspecified atom stereocenters. The molecule has 4 aliphatic heterocycles. The van der Waals surface area contributed by atoms with Gasteiger partial charge in [0.25, 0.3) is 23.7 Å². The Hall–Kier alpha value is -7.00. The van der Waals surface area contributed by atoms with Crippen molar-refractivity contribution < 1.29 is 55.6 Å². The van der Waals surface area contributed by atoms with Gasteiger partial charge in [-0.2, -0.15) is 17.6 Å². The van der Waals surface area contributed by atoms with Crippen LogP contribution in [0.1, 0.15) is 68.5 Å². The summed E-state index contributed by atoms with van der Waals surface area (Å²) in [5.74, 6) is -7.46. The minimum absolute atomic E-state index is 0.0550. The standard InChI is InChI=1S/2C27H27F3N4O3/c2*1-16-21(11-20(13-32-16)33-25(36)18-5-6-31-23(10-18)26(2,28)29)17-3-4-19-12-27(30,15-35)24-14-37-8-7-34(24)22(19)9-17/h2*3-6,9-11,13,24,35H,7-8,12,14-15H2,1-2H3,(H,33,36)/t2*24-,27+/m10/s1. The lowest BCUT2D eigenvalue weighted by Crippen LogP contribution is -2.62. The number of amides is 2. The third kappa shape index (κ3) is 10.5. The first-order chi connectivity index (χ1) is 35.2. The molecule has 6 aromatic rings. The SMILES string of the molecule is Cc1ncc(NC(=O)c2ccnc(C(C)(F)F)c2)cc1-c1ccc2c(c1)N1CCOC[C@@H]1[C@@](F)(CO)C2.Cc1ncc(NC(=O)c2ccnc(C(C)(F)F)c2)cc1-c1ccc2c(c1)N1CCOC[C@H]1[C@](F)(CO)C2. The van der Waals surface area contributed by atoms with Crippen molar-refractivity contribution >= 4 is 34.6 Å². The number of hydrogen-bond donors (Lipinski definition) is 4. The highest BCUT2D eigenvalue weighted by atomic mass is 19.3. The first kappa shape index (κ1) is 51.9. The molecule has 2 fully saturated rings. The summed E-state index contributed by atoms with van der Waals surface area (Å²) in [5, 5.41) is 25.0. The molecular weight excluding hydrogens is 971 g/mol. The maximum atomic E-state index is 15.5. The van der Waals surface area contributed by atoms with Crippen LogP contribution in [0.25, 0.3) is 22.3 Å². The largest absolute Gasteiger partial charge is 0.393 e. The van der Waals surface area contributed by atoms with E-state index in [1.54, 1.807) is 12.1 Å². The number of aliphatic hydroxyl groups excluding tert-OH is 2. The van der Waals surface area contributed by atoms with Crippen LogP contribution in [0, 0.1) is 13.8 Å². The van der Waals surface area contributed by atoms with Crippen molar-refractivity contribution in [1.29, 1.82) is 0 Å². The number of carbonyl (C=O) groups is 2. The molecule has 0 bridgehead atoms. The number of aliphatic hydroxyl groups is 2. The number of rotatable bonds is 10. The topological polar surface area (TPSA) is 175 Å². The van der Waals surface area contributed by atoms with E-state index >= 15 is 8.78 Å². The second-order valence-corrected chi connectivity index (χ2v) is 19.3. The van der Waals surface area contributed by atoms with Gasteiger partial charge in [-0.1, -0.05) is 24.3 Å². The number of hydrogen-bond acceptors (Lipinski definition) is 12. The molecule has 4 aliphatic rings. The van der Waals surface area contributed by atoms with Gasteiger partial charge in [0.2, 0.25) is 0 Å². The van der Waals surface area contributed by atoms with Gasteiger partial charge in [-0.15, -0.1) is 0 Å². The predicted molar refractivity (Wildman–Crippen MR) is 265 cm³/mol. The molecule has 74 heavy (non-hydrogen) atoms.